The Morgan fingerprint density at radius 1 is 1.26 bits per heavy atom. The number of hydrogen-bond donors (Lipinski definition) is 1. The molecule has 0 aliphatic rings. The first-order valence-electron chi connectivity index (χ1n) is 6.18. The molecule has 0 saturated heterocycles. The molecule has 0 spiro atoms. The number of pyridine rings is 1. The molecule has 1 heterocycles. The van der Waals surface area contributed by atoms with Gasteiger partial charge in [-0.25, -0.2) is 4.39 Å². The van der Waals surface area contributed by atoms with Crippen LogP contribution in [0.5, 0.6) is 5.75 Å². The van der Waals surface area contributed by atoms with Gasteiger partial charge in [-0.1, -0.05) is 18.2 Å². The fourth-order valence-corrected chi connectivity index (χ4v) is 1.85. The largest absolute Gasteiger partial charge is 0.494 e. The van der Waals surface area contributed by atoms with Gasteiger partial charge in [0.25, 0.3) is 0 Å². The molecule has 2 rings (SSSR count). The van der Waals surface area contributed by atoms with E-state index in [1.807, 2.05) is 25.1 Å². The predicted molar refractivity (Wildman–Crippen MR) is 72.4 cm³/mol. The summed E-state index contributed by atoms with van der Waals surface area (Å²) in [7, 11) is 1.46. The molecule has 0 saturated carbocycles. The number of aromatic nitrogens is 1. The van der Waals surface area contributed by atoms with Crippen molar-refractivity contribution in [2.75, 3.05) is 7.11 Å². The monoisotopic (exact) mass is 260 g/mol. The zero-order valence-corrected chi connectivity index (χ0v) is 11.1. The van der Waals surface area contributed by atoms with Crippen LogP contribution in [-0.2, 0) is 6.54 Å². The van der Waals surface area contributed by atoms with Crippen LogP contribution in [0.1, 0.15) is 24.2 Å². The fourth-order valence-electron chi connectivity index (χ4n) is 1.85. The number of halogens is 1. The lowest BCUT2D eigenvalue weighted by atomic mass is 10.1. The standard InChI is InChI=1S/C15H17FN2O/c1-11(13-7-3-4-9-17-13)18-10-12-6-5-8-14(19-2)15(12)16/h3-9,11,18H,10H2,1-2H3/t11-/m0/s1. The van der Waals surface area contributed by atoms with Crippen molar-refractivity contribution in [1.29, 1.82) is 0 Å². The third-order valence-corrected chi connectivity index (χ3v) is 2.99. The van der Waals surface area contributed by atoms with Crippen molar-refractivity contribution in [3.8, 4) is 5.75 Å². The average molecular weight is 260 g/mol. The highest BCUT2D eigenvalue weighted by Gasteiger charge is 2.10. The minimum Gasteiger partial charge on any atom is -0.494 e. The van der Waals surface area contributed by atoms with Gasteiger partial charge in [0.05, 0.1) is 12.8 Å². The van der Waals surface area contributed by atoms with Crippen LogP contribution in [0.2, 0.25) is 0 Å². The normalized spacial score (nSPS) is 12.2. The predicted octanol–water partition coefficient (Wildman–Crippen LogP) is 3.08. The highest BCUT2D eigenvalue weighted by atomic mass is 19.1. The van der Waals surface area contributed by atoms with Gasteiger partial charge in [0, 0.05) is 24.3 Å². The summed E-state index contributed by atoms with van der Waals surface area (Å²) in [6.07, 6.45) is 1.75. The second-order valence-electron chi connectivity index (χ2n) is 4.29. The summed E-state index contributed by atoms with van der Waals surface area (Å²) in [4.78, 5) is 4.27. The smallest absolute Gasteiger partial charge is 0.169 e. The van der Waals surface area contributed by atoms with Crippen molar-refractivity contribution in [3.05, 3.63) is 59.7 Å². The van der Waals surface area contributed by atoms with E-state index < -0.39 is 0 Å². The second kappa shape index (κ2) is 6.29. The minimum absolute atomic E-state index is 0.0619. The number of hydrogen-bond acceptors (Lipinski definition) is 3. The Morgan fingerprint density at radius 3 is 2.79 bits per heavy atom. The molecule has 100 valence electrons. The first-order chi connectivity index (χ1) is 9.22. The topological polar surface area (TPSA) is 34.1 Å². The van der Waals surface area contributed by atoms with Gasteiger partial charge in [-0.2, -0.15) is 0 Å². The summed E-state index contributed by atoms with van der Waals surface area (Å²) in [5, 5.41) is 3.25. The van der Waals surface area contributed by atoms with E-state index in [2.05, 4.69) is 10.3 Å². The number of ether oxygens (including phenoxy) is 1. The summed E-state index contributed by atoms with van der Waals surface area (Å²) in [6.45, 7) is 2.43. The molecule has 1 aromatic heterocycles. The first kappa shape index (κ1) is 13.5. The van der Waals surface area contributed by atoms with Crippen LogP contribution < -0.4 is 10.1 Å². The maximum absolute atomic E-state index is 13.9. The van der Waals surface area contributed by atoms with Crippen LogP contribution in [0.25, 0.3) is 0 Å². The lowest BCUT2D eigenvalue weighted by Crippen LogP contribution is -2.19. The van der Waals surface area contributed by atoms with Gasteiger partial charge in [0.15, 0.2) is 11.6 Å². The van der Waals surface area contributed by atoms with Crippen molar-refractivity contribution in [2.45, 2.75) is 19.5 Å². The number of nitrogens with zero attached hydrogens (tertiary/aromatic N) is 1. The quantitative estimate of drug-likeness (QED) is 0.897. The van der Waals surface area contributed by atoms with Crippen molar-refractivity contribution >= 4 is 0 Å². The van der Waals surface area contributed by atoms with Crippen LogP contribution in [0.4, 0.5) is 4.39 Å². The SMILES string of the molecule is COc1cccc(CN[C@@H](C)c2ccccn2)c1F. The van der Waals surface area contributed by atoms with E-state index in [0.29, 0.717) is 12.1 Å². The van der Waals surface area contributed by atoms with Crippen molar-refractivity contribution in [2.24, 2.45) is 0 Å². The molecule has 1 atom stereocenters. The van der Waals surface area contributed by atoms with E-state index in [9.17, 15) is 4.39 Å². The molecule has 19 heavy (non-hydrogen) atoms. The molecule has 0 radical (unpaired) electrons. The highest BCUT2D eigenvalue weighted by molar-refractivity contribution is 5.31. The average Bonchev–Trinajstić information content (AvgIpc) is 2.47. The number of methoxy groups -OCH3 is 1. The summed E-state index contributed by atoms with van der Waals surface area (Å²) >= 11 is 0. The lowest BCUT2D eigenvalue weighted by molar-refractivity contribution is 0.382. The van der Waals surface area contributed by atoms with Gasteiger partial charge >= 0.3 is 0 Å². The van der Waals surface area contributed by atoms with E-state index >= 15 is 0 Å². The number of rotatable bonds is 5. The minimum atomic E-state index is -0.314. The Bertz CT molecular complexity index is 531. The fraction of sp³-hybridized carbons (Fsp3) is 0.267. The van der Waals surface area contributed by atoms with Crippen LogP contribution >= 0.6 is 0 Å². The Hall–Kier alpha value is -1.94. The Kier molecular flexibility index (Phi) is 4.47. The molecule has 0 bridgehead atoms. The van der Waals surface area contributed by atoms with Crippen LogP contribution in [0.15, 0.2) is 42.6 Å². The first-order valence-corrected chi connectivity index (χ1v) is 6.18. The van der Waals surface area contributed by atoms with Crippen molar-refractivity contribution < 1.29 is 9.13 Å². The number of benzene rings is 1. The van der Waals surface area contributed by atoms with Crippen LogP contribution in [0, 0.1) is 5.82 Å². The second-order valence-corrected chi connectivity index (χ2v) is 4.29. The Labute approximate surface area is 112 Å². The molecule has 3 nitrogen and oxygen atoms in total. The molecular formula is C15H17FN2O. The zero-order valence-electron chi connectivity index (χ0n) is 11.1. The maximum Gasteiger partial charge on any atom is 0.169 e. The zero-order chi connectivity index (χ0) is 13.7. The molecule has 2 aromatic rings. The van der Waals surface area contributed by atoms with E-state index in [1.54, 1.807) is 24.4 Å². The number of nitrogens with one attached hydrogen (secondary N) is 1. The van der Waals surface area contributed by atoms with Crippen molar-refractivity contribution in [3.63, 3.8) is 0 Å². The van der Waals surface area contributed by atoms with E-state index in [4.69, 9.17) is 4.74 Å². The Morgan fingerprint density at radius 2 is 2.11 bits per heavy atom. The van der Waals surface area contributed by atoms with Gasteiger partial charge in [-0.3, -0.25) is 4.98 Å². The van der Waals surface area contributed by atoms with Gasteiger partial charge in [0.2, 0.25) is 0 Å². The van der Waals surface area contributed by atoms with Gasteiger partial charge in [-0.15, -0.1) is 0 Å². The molecule has 1 aromatic carbocycles. The van der Waals surface area contributed by atoms with Gasteiger partial charge < -0.3 is 10.1 Å². The maximum atomic E-state index is 13.9. The summed E-state index contributed by atoms with van der Waals surface area (Å²) < 4.78 is 18.9. The summed E-state index contributed by atoms with van der Waals surface area (Å²) in [5.74, 6) is -0.0458. The van der Waals surface area contributed by atoms with Crippen molar-refractivity contribution in [1.82, 2.24) is 10.3 Å². The van der Waals surface area contributed by atoms with Crippen LogP contribution in [0.3, 0.4) is 0 Å². The molecule has 0 aliphatic carbocycles. The highest BCUT2D eigenvalue weighted by Crippen LogP contribution is 2.20. The lowest BCUT2D eigenvalue weighted by Gasteiger charge is -2.14. The van der Waals surface area contributed by atoms with E-state index in [0.717, 1.165) is 5.69 Å². The van der Waals surface area contributed by atoms with Crippen LogP contribution in [-0.4, -0.2) is 12.1 Å². The molecule has 0 amide bonds. The summed E-state index contributed by atoms with van der Waals surface area (Å²) in [5.41, 5.74) is 1.52. The molecule has 4 heteroatoms. The van der Waals surface area contributed by atoms with Gasteiger partial charge in [-0.05, 0) is 25.1 Å². The van der Waals surface area contributed by atoms with E-state index in [1.165, 1.54) is 7.11 Å². The summed E-state index contributed by atoms with van der Waals surface area (Å²) in [6, 6.07) is 11.0. The molecule has 1 N–H and O–H groups in total. The molecule has 0 aliphatic heterocycles. The molecule has 0 unspecified atom stereocenters. The molecule has 0 fully saturated rings. The third-order valence-electron chi connectivity index (χ3n) is 2.99. The Balaban J connectivity index is 2.03. The third kappa shape index (κ3) is 3.29. The molecular weight excluding hydrogens is 243 g/mol. The van der Waals surface area contributed by atoms with E-state index in [-0.39, 0.29) is 17.6 Å². The van der Waals surface area contributed by atoms with Gasteiger partial charge in [0.1, 0.15) is 0 Å².